The zero-order valence-electron chi connectivity index (χ0n) is 10.1. The first-order chi connectivity index (χ1) is 5.41. The average molecular weight is 945 g/mol. The van der Waals surface area contributed by atoms with Crippen LogP contribution in [0.25, 0.3) is 0 Å². The van der Waals surface area contributed by atoms with Gasteiger partial charge in [0.2, 0.25) is 0 Å². The Kier molecular flexibility index (Phi) is 2090. The van der Waals surface area contributed by atoms with Gasteiger partial charge in [-0.1, -0.05) is 43.6 Å². The molecule has 18 heavy (non-hydrogen) atoms. The van der Waals surface area contributed by atoms with Crippen LogP contribution in [0.15, 0.2) is 0 Å². The van der Waals surface area contributed by atoms with Crippen LogP contribution in [0, 0.1) is 28.2 Å². The van der Waals surface area contributed by atoms with Crippen molar-refractivity contribution in [1.29, 1.82) is 0 Å². The summed E-state index contributed by atoms with van der Waals surface area (Å²) in [5, 5.41) is 0. The molecule has 0 aromatic heterocycles. The SMILES string of the molecule is C.C.C.C.CC.I[I-]I.[CH2-]C.[CH2-]C.[CH2-]C.[CH3-].[W+2].[W+2]. The van der Waals surface area contributed by atoms with E-state index in [9.17, 15) is 0 Å². The van der Waals surface area contributed by atoms with E-state index in [1.807, 2.05) is 13.8 Å². The van der Waals surface area contributed by atoms with Crippen molar-refractivity contribution in [2.45, 2.75) is 64.3 Å². The van der Waals surface area contributed by atoms with Crippen molar-refractivity contribution in [3.63, 3.8) is 0 Å². The van der Waals surface area contributed by atoms with Gasteiger partial charge in [-0.15, -0.1) is 0 Å². The maximum Gasteiger partial charge on any atom is 2.00 e. The quantitative estimate of drug-likeness (QED) is 0.229. The molecule has 0 radical (unpaired) electrons. The molecular weight excluding hydrogens is 905 g/mol. The van der Waals surface area contributed by atoms with Crippen LogP contribution in [-0.4, -0.2) is 0 Å². The Morgan fingerprint density at radius 2 is 0.611 bits per heavy atom. The second-order valence-corrected chi connectivity index (χ2v) is 16.3. The summed E-state index contributed by atoms with van der Waals surface area (Å²) >= 11 is 5.30. The van der Waals surface area contributed by atoms with Crippen molar-refractivity contribution in [3.8, 4) is 0 Å². The molecule has 0 aromatic carbocycles. The summed E-state index contributed by atoms with van der Waals surface area (Å²) in [5.74, 6) is 0. The monoisotopic (exact) mass is 945 g/mol. The summed E-state index contributed by atoms with van der Waals surface area (Å²) in [6.07, 6.45) is 0. The molecule has 0 atom stereocenters. The van der Waals surface area contributed by atoms with Crippen LogP contribution in [0.1, 0.15) is 64.3 Å². The van der Waals surface area contributed by atoms with E-state index in [2.05, 4.69) is 58.0 Å². The number of hydrogen-bond acceptors (Lipinski definition) is 0. The predicted octanol–water partition coefficient (Wildman–Crippen LogP) is 5.31. The van der Waals surface area contributed by atoms with Crippen LogP contribution >= 0.6 is 37.2 Å². The van der Waals surface area contributed by atoms with Gasteiger partial charge in [-0.2, -0.15) is 20.8 Å². The normalized spacial score (nSPS) is 2.56. The number of halogens is 3. The molecular formula is C13H40I3W2-. The topological polar surface area (TPSA) is 0 Å². The van der Waals surface area contributed by atoms with E-state index in [-0.39, 0.29) is 79.3 Å². The Balaban J connectivity index is -0.00000000230. The summed E-state index contributed by atoms with van der Waals surface area (Å²) < 4.78 is 0. The fraction of sp³-hybridized carbons (Fsp3) is 0.692. The Morgan fingerprint density at radius 3 is 0.611 bits per heavy atom. The van der Waals surface area contributed by atoms with E-state index in [1.165, 1.54) is 0 Å². The fourth-order valence-corrected chi connectivity index (χ4v) is 0. The van der Waals surface area contributed by atoms with Crippen molar-refractivity contribution >= 4 is 37.2 Å². The molecule has 0 aliphatic carbocycles. The van der Waals surface area contributed by atoms with Crippen LogP contribution in [0.2, 0.25) is 0 Å². The molecule has 126 valence electrons. The van der Waals surface area contributed by atoms with Gasteiger partial charge in [0.1, 0.15) is 0 Å². The summed E-state index contributed by atoms with van der Waals surface area (Å²) in [5.41, 5.74) is 0. The molecule has 0 aromatic rings. The standard InChI is InChI=1S/C2H6.3C2H5.4CH4.CH3.I3.2W/c4*1-2;;;;;;1-3-2;;/h1-2H3;3*1H2,2H3;4*1H4;1H3;;;/q;3*-1;;;;;2*-1;2*+2. The van der Waals surface area contributed by atoms with E-state index in [1.54, 1.807) is 20.8 Å². The molecule has 5 heteroatoms. The van der Waals surface area contributed by atoms with Gasteiger partial charge in [0.05, 0.1) is 0 Å². The van der Waals surface area contributed by atoms with Gasteiger partial charge in [0.25, 0.3) is 0 Å². The van der Waals surface area contributed by atoms with Gasteiger partial charge in [-0.25, -0.2) is 0 Å². The summed E-state index contributed by atoms with van der Waals surface area (Å²) in [7, 11) is 0. The maximum atomic E-state index is 3.25. The minimum absolute atomic E-state index is 0. The second-order valence-electron chi connectivity index (χ2n) is 0.0540. The van der Waals surface area contributed by atoms with E-state index in [0.29, 0.717) is 13.3 Å². The predicted molar refractivity (Wildman–Crippen MR) is 106 cm³/mol. The number of hydrogen-bond donors (Lipinski definition) is 0. The Hall–Kier alpha value is 3.57. The van der Waals surface area contributed by atoms with Gasteiger partial charge >= 0.3 is 92.6 Å². The fourth-order valence-electron chi connectivity index (χ4n) is 0. The molecule has 0 aliphatic rings. The molecule has 0 rings (SSSR count). The van der Waals surface area contributed by atoms with Gasteiger partial charge in [0.15, 0.2) is 0 Å². The molecule has 0 saturated carbocycles. The Morgan fingerprint density at radius 1 is 0.611 bits per heavy atom. The molecule has 0 bridgehead atoms. The smallest absolute Gasteiger partial charge is 0.358 e. The first-order valence-corrected chi connectivity index (χ1v) is 16.0. The first kappa shape index (κ1) is 99.7. The maximum absolute atomic E-state index is 3.25. The third-order valence-corrected chi connectivity index (χ3v) is 0. The minimum atomic E-state index is 0. The molecule has 0 unspecified atom stereocenters. The first-order valence-electron chi connectivity index (χ1n) is 3.41. The van der Waals surface area contributed by atoms with E-state index < -0.39 is 0 Å². The molecule has 0 aliphatic heterocycles. The zero-order chi connectivity index (χ0) is 10.7. The van der Waals surface area contributed by atoms with Crippen LogP contribution in [-0.2, 0) is 42.1 Å². The minimum Gasteiger partial charge on any atom is -0.358 e. The van der Waals surface area contributed by atoms with Crippen molar-refractivity contribution in [3.05, 3.63) is 28.2 Å². The molecule has 0 nitrogen and oxygen atoms in total. The van der Waals surface area contributed by atoms with E-state index in [4.69, 9.17) is 0 Å². The van der Waals surface area contributed by atoms with Crippen LogP contribution in [0.3, 0.4) is 0 Å². The van der Waals surface area contributed by atoms with Crippen LogP contribution in [0.4, 0.5) is 0 Å². The number of rotatable bonds is 0. The third-order valence-electron chi connectivity index (χ3n) is 0. The van der Waals surface area contributed by atoms with Crippen molar-refractivity contribution < 1.29 is 55.4 Å². The van der Waals surface area contributed by atoms with E-state index in [0.717, 1.165) is 0 Å². The zero-order valence-corrected chi connectivity index (χ0v) is 22.4. The molecule has 0 heterocycles. The van der Waals surface area contributed by atoms with Crippen molar-refractivity contribution in [2.24, 2.45) is 0 Å². The largest absolute Gasteiger partial charge is 2.00 e. The van der Waals surface area contributed by atoms with Gasteiger partial charge < -0.3 is 28.2 Å². The third kappa shape index (κ3) is 530. The summed E-state index contributed by atoms with van der Waals surface area (Å²) in [4.78, 5) is 0. The van der Waals surface area contributed by atoms with Crippen LogP contribution in [0.5, 0.6) is 0 Å². The van der Waals surface area contributed by atoms with Gasteiger partial charge in [-0.3, -0.25) is 0 Å². The van der Waals surface area contributed by atoms with Gasteiger partial charge in [0, 0.05) is 0 Å². The molecule has 0 N–H and O–H groups in total. The molecule has 0 spiro atoms. The average Bonchev–Trinajstić information content (AvgIpc) is 2.18. The molecule has 0 amide bonds. The summed E-state index contributed by atoms with van der Waals surface area (Å²) in [6, 6.07) is 0. The van der Waals surface area contributed by atoms with Gasteiger partial charge in [-0.05, 0) is 0 Å². The van der Waals surface area contributed by atoms with Crippen LogP contribution < -0.4 is 13.3 Å². The second kappa shape index (κ2) is 378. The molecule has 0 fully saturated rings. The van der Waals surface area contributed by atoms with Crippen molar-refractivity contribution in [1.82, 2.24) is 0 Å². The summed E-state index contributed by atoms with van der Waals surface area (Å²) in [6.45, 7) is 19.0. The Bertz CT molecular complexity index is 20.2. The Labute approximate surface area is 182 Å². The molecule has 0 saturated heterocycles. The van der Waals surface area contributed by atoms with Crippen molar-refractivity contribution in [2.75, 3.05) is 0 Å². The van der Waals surface area contributed by atoms with E-state index >= 15 is 0 Å².